The van der Waals surface area contributed by atoms with Crippen molar-refractivity contribution < 1.29 is 14.4 Å². The van der Waals surface area contributed by atoms with Gasteiger partial charge in [0.2, 0.25) is 11.8 Å². The van der Waals surface area contributed by atoms with Gasteiger partial charge in [-0.3, -0.25) is 28.8 Å². The van der Waals surface area contributed by atoms with E-state index in [2.05, 4.69) is 15.6 Å². The minimum Gasteiger partial charge on any atom is -0.329 e. The van der Waals surface area contributed by atoms with Gasteiger partial charge in [-0.25, -0.2) is 9.59 Å². The van der Waals surface area contributed by atoms with Crippen molar-refractivity contribution in [3.63, 3.8) is 0 Å². The Morgan fingerprint density at radius 1 is 1.15 bits per heavy atom. The summed E-state index contributed by atoms with van der Waals surface area (Å²) in [5.41, 5.74) is -0.105. The van der Waals surface area contributed by atoms with Crippen molar-refractivity contribution in [2.75, 3.05) is 11.9 Å². The summed E-state index contributed by atoms with van der Waals surface area (Å²) in [6, 6.07) is 7.36. The monoisotopic (exact) mass is 357 g/mol. The van der Waals surface area contributed by atoms with Crippen LogP contribution < -0.4 is 21.9 Å². The summed E-state index contributed by atoms with van der Waals surface area (Å²) < 4.78 is 1.06. The lowest BCUT2D eigenvalue weighted by atomic mass is 10.2. The molecule has 3 N–H and O–H groups in total. The lowest BCUT2D eigenvalue weighted by Crippen LogP contribution is -2.32. The van der Waals surface area contributed by atoms with E-state index < -0.39 is 23.2 Å². The van der Waals surface area contributed by atoms with Crippen LogP contribution in [0.25, 0.3) is 0 Å². The van der Waals surface area contributed by atoms with E-state index in [1.54, 1.807) is 24.3 Å². The van der Waals surface area contributed by atoms with Gasteiger partial charge < -0.3 is 10.6 Å². The summed E-state index contributed by atoms with van der Waals surface area (Å²) >= 11 is 0. The average molecular weight is 357 g/mol. The predicted molar refractivity (Wildman–Crippen MR) is 90.3 cm³/mol. The Balaban J connectivity index is 1.67. The first-order valence-corrected chi connectivity index (χ1v) is 7.69. The third-order valence-electron chi connectivity index (χ3n) is 3.70. The van der Waals surface area contributed by atoms with E-state index in [0.29, 0.717) is 11.3 Å². The number of amides is 4. The molecule has 10 heteroatoms. The number of imide groups is 1. The average Bonchev–Trinajstić information content (AvgIpc) is 2.90. The van der Waals surface area contributed by atoms with Crippen LogP contribution in [0.4, 0.5) is 10.5 Å². The molecular formula is C16H15N5O5. The third kappa shape index (κ3) is 3.86. The number of H-pyrrole nitrogens is 1. The van der Waals surface area contributed by atoms with Gasteiger partial charge in [0.25, 0.3) is 5.56 Å². The highest BCUT2D eigenvalue weighted by molar-refractivity contribution is 6.01. The normalized spacial score (nSPS) is 13.6. The molecule has 0 radical (unpaired) electrons. The number of carbonyl (C=O) groups excluding carboxylic acids is 3. The zero-order valence-electron chi connectivity index (χ0n) is 13.5. The fraction of sp³-hybridized carbons (Fsp3) is 0.188. The number of rotatable bonds is 5. The van der Waals surface area contributed by atoms with Gasteiger partial charge in [0, 0.05) is 18.0 Å². The number of aromatic amines is 1. The second-order valence-corrected chi connectivity index (χ2v) is 5.63. The number of benzene rings is 1. The number of nitrogens with one attached hydrogen (secondary N) is 3. The van der Waals surface area contributed by atoms with Crippen LogP contribution in [-0.2, 0) is 22.7 Å². The van der Waals surface area contributed by atoms with Crippen LogP contribution in [0, 0.1) is 0 Å². The maximum absolute atomic E-state index is 12.1. The molecule has 3 rings (SSSR count). The highest BCUT2D eigenvalue weighted by Crippen LogP contribution is 2.14. The summed E-state index contributed by atoms with van der Waals surface area (Å²) in [6.07, 6.45) is 1.23. The van der Waals surface area contributed by atoms with Crippen LogP contribution >= 0.6 is 0 Å². The number of urea groups is 1. The first-order chi connectivity index (χ1) is 12.4. The van der Waals surface area contributed by atoms with Crippen LogP contribution in [0.5, 0.6) is 0 Å². The van der Waals surface area contributed by atoms with E-state index in [1.165, 1.54) is 6.20 Å². The van der Waals surface area contributed by atoms with Gasteiger partial charge in [0.1, 0.15) is 6.54 Å². The highest BCUT2D eigenvalue weighted by atomic mass is 16.2. The van der Waals surface area contributed by atoms with Crippen molar-refractivity contribution in [2.45, 2.75) is 13.1 Å². The summed E-state index contributed by atoms with van der Waals surface area (Å²) in [6.45, 7) is -0.205. The van der Waals surface area contributed by atoms with Crippen LogP contribution in [0.15, 0.2) is 46.1 Å². The van der Waals surface area contributed by atoms with Gasteiger partial charge >= 0.3 is 11.7 Å². The Morgan fingerprint density at radius 2 is 1.96 bits per heavy atom. The first kappa shape index (κ1) is 17.1. The fourth-order valence-electron chi connectivity index (χ4n) is 2.47. The minimum absolute atomic E-state index is 0.0246. The first-order valence-electron chi connectivity index (χ1n) is 7.69. The standard InChI is InChI=1S/C16H15N5O5/c22-12-4-5-20(16(26)19-12)9-13(23)18-11-3-1-2-10(6-11)8-21-14(24)7-17-15(21)25/h1-6H,7-9H2,(H,17,25)(H,18,23)(H,19,22,26). The van der Waals surface area contributed by atoms with Gasteiger partial charge in [-0.05, 0) is 17.7 Å². The highest BCUT2D eigenvalue weighted by Gasteiger charge is 2.28. The topological polar surface area (TPSA) is 133 Å². The van der Waals surface area contributed by atoms with E-state index in [9.17, 15) is 24.0 Å². The smallest absolute Gasteiger partial charge is 0.328 e. The van der Waals surface area contributed by atoms with Crippen LogP contribution in [0.1, 0.15) is 5.56 Å². The zero-order chi connectivity index (χ0) is 18.7. The van der Waals surface area contributed by atoms with Crippen LogP contribution in [-0.4, -0.2) is 38.8 Å². The quantitative estimate of drug-likeness (QED) is 0.604. The van der Waals surface area contributed by atoms with Gasteiger partial charge in [0.05, 0.1) is 13.1 Å². The van der Waals surface area contributed by atoms with Gasteiger partial charge in [-0.2, -0.15) is 0 Å². The number of anilines is 1. The maximum atomic E-state index is 12.1. The Labute approximate surface area is 146 Å². The molecule has 134 valence electrons. The number of nitrogens with zero attached hydrogens (tertiary/aromatic N) is 2. The number of aromatic nitrogens is 2. The summed E-state index contributed by atoms with van der Waals surface area (Å²) in [5, 5.41) is 5.06. The van der Waals surface area contributed by atoms with Crippen LogP contribution in [0.3, 0.4) is 0 Å². The summed E-state index contributed by atoms with van der Waals surface area (Å²) in [7, 11) is 0. The van der Waals surface area contributed by atoms with Crippen molar-refractivity contribution in [3.8, 4) is 0 Å². The van der Waals surface area contributed by atoms with E-state index >= 15 is 0 Å². The SMILES string of the molecule is O=C(Cn1ccc(=O)[nH]c1=O)Nc1cccc(CN2C(=O)CNC2=O)c1. The molecule has 4 amide bonds. The number of hydrogen-bond donors (Lipinski definition) is 3. The van der Waals surface area contributed by atoms with E-state index in [0.717, 1.165) is 15.5 Å². The fourth-order valence-corrected chi connectivity index (χ4v) is 2.47. The Morgan fingerprint density at radius 3 is 2.65 bits per heavy atom. The molecule has 1 aromatic carbocycles. The molecule has 1 saturated heterocycles. The molecule has 1 fully saturated rings. The Kier molecular flexibility index (Phi) is 4.65. The summed E-state index contributed by atoms with van der Waals surface area (Å²) in [4.78, 5) is 61.0. The molecule has 2 aromatic rings. The van der Waals surface area contributed by atoms with Crippen molar-refractivity contribution >= 4 is 23.5 Å². The lowest BCUT2D eigenvalue weighted by molar-refractivity contribution is -0.125. The molecule has 2 heterocycles. The largest absolute Gasteiger partial charge is 0.329 e. The van der Waals surface area contributed by atoms with Gasteiger partial charge in [0.15, 0.2) is 0 Å². The van der Waals surface area contributed by atoms with Crippen molar-refractivity contribution in [1.82, 2.24) is 19.8 Å². The molecule has 0 aliphatic carbocycles. The summed E-state index contributed by atoms with van der Waals surface area (Å²) in [5.74, 6) is -0.784. The molecule has 1 aliphatic heterocycles. The van der Waals surface area contributed by atoms with Crippen molar-refractivity contribution in [2.24, 2.45) is 0 Å². The maximum Gasteiger partial charge on any atom is 0.328 e. The van der Waals surface area contributed by atoms with E-state index in [4.69, 9.17) is 0 Å². The molecule has 0 unspecified atom stereocenters. The number of hydrogen-bond acceptors (Lipinski definition) is 5. The molecule has 0 atom stereocenters. The second kappa shape index (κ2) is 7.05. The van der Waals surface area contributed by atoms with Crippen molar-refractivity contribution in [3.05, 3.63) is 62.9 Å². The molecule has 1 aliphatic rings. The van der Waals surface area contributed by atoms with Gasteiger partial charge in [-0.15, -0.1) is 0 Å². The third-order valence-corrected chi connectivity index (χ3v) is 3.70. The predicted octanol–water partition coefficient (Wildman–Crippen LogP) is -0.773. The van der Waals surface area contributed by atoms with Gasteiger partial charge in [-0.1, -0.05) is 12.1 Å². The molecule has 0 spiro atoms. The molecule has 1 aromatic heterocycles. The molecular weight excluding hydrogens is 342 g/mol. The lowest BCUT2D eigenvalue weighted by Gasteiger charge is -2.13. The second-order valence-electron chi connectivity index (χ2n) is 5.63. The molecule has 0 bridgehead atoms. The molecule has 10 nitrogen and oxygen atoms in total. The van der Waals surface area contributed by atoms with Crippen LogP contribution in [0.2, 0.25) is 0 Å². The van der Waals surface area contributed by atoms with E-state index in [1.807, 2.05) is 0 Å². The molecule has 26 heavy (non-hydrogen) atoms. The minimum atomic E-state index is -0.681. The Bertz CT molecular complexity index is 977. The zero-order valence-corrected chi connectivity index (χ0v) is 13.5. The Hall–Kier alpha value is -3.69. The molecule has 0 saturated carbocycles. The van der Waals surface area contributed by atoms with Crippen molar-refractivity contribution in [1.29, 1.82) is 0 Å². The number of carbonyl (C=O) groups is 3. The van der Waals surface area contributed by atoms with E-state index in [-0.39, 0.29) is 25.5 Å².